The van der Waals surface area contributed by atoms with Crippen LogP contribution in [0.3, 0.4) is 0 Å². The zero-order valence-corrected chi connectivity index (χ0v) is 17.1. The van der Waals surface area contributed by atoms with Gasteiger partial charge in [-0.2, -0.15) is 0 Å². The SMILES string of the molecule is CN(C)C1(CNC(=O)c2ccc(Cl)c(NC(=O)c3cccs3)c2)CCCC1. The molecule has 1 aromatic heterocycles. The molecule has 1 aliphatic rings. The second kappa shape index (κ2) is 8.42. The van der Waals surface area contributed by atoms with E-state index in [1.165, 1.54) is 24.2 Å². The molecular formula is C20H24ClN3O2S. The number of benzene rings is 1. The largest absolute Gasteiger partial charge is 0.350 e. The summed E-state index contributed by atoms with van der Waals surface area (Å²) in [6, 6.07) is 8.49. The summed E-state index contributed by atoms with van der Waals surface area (Å²) in [5, 5.41) is 8.08. The fourth-order valence-corrected chi connectivity index (χ4v) is 4.30. The lowest BCUT2D eigenvalue weighted by Crippen LogP contribution is -2.50. The normalized spacial score (nSPS) is 15.7. The van der Waals surface area contributed by atoms with Crippen LogP contribution in [0.5, 0.6) is 0 Å². The van der Waals surface area contributed by atoms with Crippen LogP contribution in [0.15, 0.2) is 35.7 Å². The molecule has 27 heavy (non-hydrogen) atoms. The molecule has 7 heteroatoms. The predicted octanol–water partition coefficient (Wildman–Crippen LogP) is 4.26. The molecule has 1 saturated carbocycles. The van der Waals surface area contributed by atoms with E-state index in [0.29, 0.717) is 27.7 Å². The average Bonchev–Trinajstić information content (AvgIpc) is 3.34. The van der Waals surface area contributed by atoms with Gasteiger partial charge in [0.25, 0.3) is 11.8 Å². The molecule has 0 bridgehead atoms. The first-order valence-electron chi connectivity index (χ1n) is 9.01. The lowest BCUT2D eigenvalue weighted by molar-refractivity contribution is 0.0899. The molecular weight excluding hydrogens is 382 g/mol. The van der Waals surface area contributed by atoms with E-state index in [1.54, 1.807) is 24.3 Å². The highest BCUT2D eigenvalue weighted by Crippen LogP contribution is 2.33. The summed E-state index contributed by atoms with van der Waals surface area (Å²) < 4.78 is 0. The Bertz CT molecular complexity index is 815. The number of nitrogens with zero attached hydrogens (tertiary/aromatic N) is 1. The topological polar surface area (TPSA) is 61.4 Å². The third kappa shape index (κ3) is 4.51. The Kier molecular flexibility index (Phi) is 6.19. The van der Waals surface area contributed by atoms with Gasteiger partial charge < -0.3 is 15.5 Å². The summed E-state index contributed by atoms with van der Waals surface area (Å²) in [6.07, 6.45) is 4.55. The highest BCUT2D eigenvalue weighted by atomic mass is 35.5. The molecule has 0 saturated heterocycles. The molecule has 1 aromatic carbocycles. The van der Waals surface area contributed by atoms with Crippen LogP contribution in [0, 0.1) is 0 Å². The third-order valence-electron chi connectivity index (χ3n) is 5.28. The summed E-state index contributed by atoms with van der Waals surface area (Å²) in [6.45, 7) is 0.609. The predicted molar refractivity (Wildman–Crippen MR) is 111 cm³/mol. The van der Waals surface area contributed by atoms with Crippen LogP contribution >= 0.6 is 22.9 Å². The molecule has 0 atom stereocenters. The minimum absolute atomic E-state index is 0.0261. The van der Waals surface area contributed by atoms with E-state index in [1.807, 2.05) is 11.4 Å². The van der Waals surface area contributed by atoms with Gasteiger partial charge in [0.05, 0.1) is 15.6 Å². The van der Waals surface area contributed by atoms with Crippen molar-refractivity contribution in [3.05, 3.63) is 51.2 Å². The summed E-state index contributed by atoms with van der Waals surface area (Å²) in [4.78, 5) is 27.7. The fourth-order valence-electron chi connectivity index (χ4n) is 3.52. The quantitative estimate of drug-likeness (QED) is 0.754. The Hall–Kier alpha value is -1.89. The minimum atomic E-state index is -0.234. The van der Waals surface area contributed by atoms with E-state index in [0.717, 1.165) is 12.8 Å². The smallest absolute Gasteiger partial charge is 0.265 e. The summed E-state index contributed by atoms with van der Waals surface area (Å²) in [5.74, 6) is -0.395. The number of amides is 2. The van der Waals surface area contributed by atoms with Crippen molar-refractivity contribution in [3.63, 3.8) is 0 Å². The molecule has 0 aliphatic heterocycles. The van der Waals surface area contributed by atoms with Gasteiger partial charge in [-0.3, -0.25) is 9.59 Å². The number of hydrogen-bond acceptors (Lipinski definition) is 4. The van der Waals surface area contributed by atoms with Gasteiger partial charge in [0, 0.05) is 17.6 Å². The second-order valence-corrected chi connectivity index (χ2v) is 8.49. The summed E-state index contributed by atoms with van der Waals surface area (Å²) in [7, 11) is 4.13. The molecule has 0 radical (unpaired) electrons. The van der Waals surface area contributed by atoms with Crippen molar-refractivity contribution < 1.29 is 9.59 Å². The number of likely N-dealkylation sites (N-methyl/N-ethyl adjacent to an activating group) is 1. The van der Waals surface area contributed by atoms with Crippen molar-refractivity contribution in [2.45, 2.75) is 31.2 Å². The Balaban J connectivity index is 1.69. The lowest BCUT2D eigenvalue weighted by Gasteiger charge is -2.36. The molecule has 1 heterocycles. The van der Waals surface area contributed by atoms with Gasteiger partial charge in [-0.15, -0.1) is 11.3 Å². The number of thiophene rings is 1. The van der Waals surface area contributed by atoms with Gasteiger partial charge >= 0.3 is 0 Å². The van der Waals surface area contributed by atoms with Crippen LogP contribution in [0.25, 0.3) is 0 Å². The molecule has 2 amide bonds. The number of hydrogen-bond donors (Lipinski definition) is 2. The van der Waals surface area contributed by atoms with Crippen LogP contribution < -0.4 is 10.6 Å². The molecule has 5 nitrogen and oxygen atoms in total. The Morgan fingerprint density at radius 3 is 2.56 bits per heavy atom. The second-order valence-electron chi connectivity index (χ2n) is 7.13. The van der Waals surface area contributed by atoms with Gasteiger partial charge in [-0.05, 0) is 56.6 Å². The zero-order chi connectivity index (χ0) is 19.4. The van der Waals surface area contributed by atoms with Crippen molar-refractivity contribution in [3.8, 4) is 0 Å². The maximum absolute atomic E-state index is 12.7. The summed E-state index contributed by atoms with van der Waals surface area (Å²) >= 11 is 7.55. The average molecular weight is 406 g/mol. The maximum Gasteiger partial charge on any atom is 0.265 e. The van der Waals surface area contributed by atoms with Crippen molar-refractivity contribution >= 4 is 40.4 Å². The van der Waals surface area contributed by atoms with Crippen molar-refractivity contribution in [2.24, 2.45) is 0 Å². The minimum Gasteiger partial charge on any atom is -0.350 e. The number of anilines is 1. The molecule has 2 N–H and O–H groups in total. The van der Waals surface area contributed by atoms with Crippen molar-refractivity contribution in [1.29, 1.82) is 0 Å². The van der Waals surface area contributed by atoms with Gasteiger partial charge in [0.1, 0.15) is 0 Å². The molecule has 0 unspecified atom stereocenters. The van der Waals surface area contributed by atoms with Crippen LogP contribution in [0.1, 0.15) is 45.7 Å². The third-order valence-corrected chi connectivity index (χ3v) is 6.48. The van der Waals surface area contributed by atoms with Crippen LogP contribution in [-0.2, 0) is 0 Å². The number of carbonyl (C=O) groups excluding carboxylic acids is 2. The Labute approximate surface area is 168 Å². The monoisotopic (exact) mass is 405 g/mol. The zero-order valence-electron chi connectivity index (χ0n) is 15.5. The Morgan fingerprint density at radius 1 is 1.19 bits per heavy atom. The van der Waals surface area contributed by atoms with Gasteiger partial charge in [0.2, 0.25) is 0 Å². The van der Waals surface area contributed by atoms with Gasteiger partial charge in [-0.1, -0.05) is 30.5 Å². The molecule has 0 spiro atoms. The van der Waals surface area contributed by atoms with E-state index in [4.69, 9.17) is 11.6 Å². The van der Waals surface area contributed by atoms with Crippen molar-refractivity contribution in [1.82, 2.24) is 10.2 Å². The molecule has 1 aliphatic carbocycles. The molecule has 3 rings (SSSR count). The van der Waals surface area contributed by atoms with Gasteiger partial charge in [-0.25, -0.2) is 0 Å². The van der Waals surface area contributed by atoms with E-state index >= 15 is 0 Å². The molecule has 2 aromatic rings. The number of nitrogens with one attached hydrogen (secondary N) is 2. The van der Waals surface area contributed by atoms with Crippen LogP contribution in [-0.4, -0.2) is 42.9 Å². The summed E-state index contributed by atoms with van der Waals surface area (Å²) in [5.41, 5.74) is 0.942. The van der Waals surface area contributed by atoms with E-state index in [2.05, 4.69) is 29.6 Å². The fraction of sp³-hybridized carbons (Fsp3) is 0.400. The molecule has 1 fully saturated rings. The maximum atomic E-state index is 12.7. The first-order valence-corrected chi connectivity index (χ1v) is 10.3. The lowest BCUT2D eigenvalue weighted by atomic mass is 9.96. The van der Waals surface area contributed by atoms with E-state index in [-0.39, 0.29) is 17.4 Å². The number of carbonyl (C=O) groups is 2. The standard InChI is InChI=1S/C20H24ClN3O2S/c1-24(2)20(9-3-4-10-20)13-22-18(25)14-7-8-15(21)16(12-14)23-19(26)17-6-5-11-27-17/h5-8,11-12H,3-4,9-10,13H2,1-2H3,(H,22,25)(H,23,26). The van der Waals surface area contributed by atoms with Gasteiger partial charge in [0.15, 0.2) is 0 Å². The number of halogens is 1. The van der Waals surface area contributed by atoms with Crippen molar-refractivity contribution in [2.75, 3.05) is 26.0 Å². The highest BCUT2D eigenvalue weighted by molar-refractivity contribution is 7.12. The van der Waals surface area contributed by atoms with Crippen LogP contribution in [0.4, 0.5) is 5.69 Å². The first-order chi connectivity index (χ1) is 12.9. The first kappa shape index (κ1) is 19.9. The highest BCUT2D eigenvalue weighted by Gasteiger charge is 2.36. The van der Waals surface area contributed by atoms with E-state index in [9.17, 15) is 9.59 Å². The van der Waals surface area contributed by atoms with Crippen LogP contribution in [0.2, 0.25) is 5.02 Å². The van der Waals surface area contributed by atoms with E-state index < -0.39 is 0 Å². The Morgan fingerprint density at radius 2 is 1.93 bits per heavy atom. The molecule has 144 valence electrons. The number of rotatable bonds is 6.